The second-order valence-electron chi connectivity index (χ2n) is 8.68. The molecule has 0 N–H and O–H groups in total. The highest BCUT2D eigenvalue weighted by Crippen LogP contribution is 2.52. The SMILES string of the molecule is CC(CC1c2ccccc2OC1C1c2ccccc2CC1C)c1ccccc1. The van der Waals surface area contributed by atoms with E-state index in [0.29, 0.717) is 23.7 Å². The van der Waals surface area contributed by atoms with Gasteiger partial charge in [-0.15, -0.1) is 0 Å². The van der Waals surface area contributed by atoms with Gasteiger partial charge >= 0.3 is 0 Å². The zero-order valence-corrected chi connectivity index (χ0v) is 16.7. The number of hydrogen-bond donors (Lipinski definition) is 0. The van der Waals surface area contributed by atoms with Crippen LogP contribution in [0.2, 0.25) is 0 Å². The zero-order valence-electron chi connectivity index (χ0n) is 16.7. The van der Waals surface area contributed by atoms with Gasteiger partial charge in [-0.25, -0.2) is 0 Å². The number of rotatable bonds is 4. The molecule has 1 nitrogen and oxygen atoms in total. The average molecular weight is 369 g/mol. The largest absolute Gasteiger partial charge is 0.489 e. The van der Waals surface area contributed by atoms with E-state index >= 15 is 0 Å². The van der Waals surface area contributed by atoms with Gasteiger partial charge in [0, 0.05) is 17.4 Å². The predicted octanol–water partition coefficient (Wildman–Crippen LogP) is 6.70. The number of fused-ring (bicyclic) bond motifs is 2. The Morgan fingerprint density at radius 2 is 1.54 bits per heavy atom. The molecule has 5 unspecified atom stereocenters. The first-order chi connectivity index (χ1) is 13.7. The summed E-state index contributed by atoms with van der Waals surface area (Å²) < 4.78 is 6.67. The predicted molar refractivity (Wildman–Crippen MR) is 115 cm³/mol. The second-order valence-corrected chi connectivity index (χ2v) is 8.68. The first-order valence-electron chi connectivity index (χ1n) is 10.6. The number of para-hydroxylation sites is 1. The molecule has 0 saturated heterocycles. The van der Waals surface area contributed by atoms with Gasteiger partial charge in [-0.1, -0.05) is 86.6 Å². The first-order valence-corrected chi connectivity index (χ1v) is 10.6. The van der Waals surface area contributed by atoms with E-state index in [2.05, 4.69) is 92.7 Å². The maximum absolute atomic E-state index is 6.67. The minimum Gasteiger partial charge on any atom is -0.489 e. The van der Waals surface area contributed by atoms with Gasteiger partial charge < -0.3 is 4.74 Å². The standard InChI is InChI=1S/C27H28O/c1-18(20-10-4-3-5-11-20)17-24-23-14-8-9-15-25(23)28-27(24)26-19(2)16-21-12-6-7-13-22(21)26/h3-15,18-19,24,26-27H,16-17H2,1-2H3. The van der Waals surface area contributed by atoms with Crippen molar-refractivity contribution in [2.45, 2.75) is 50.5 Å². The molecule has 0 amide bonds. The normalized spacial score (nSPS) is 26.4. The lowest BCUT2D eigenvalue weighted by Gasteiger charge is -2.30. The van der Waals surface area contributed by atoms with Crippen molar-refractivity contribution in [2.24, 2.45) is 5.92 Å². The molecular weight excluding hydrogens is 340 g/mol. The number of benzene rings is 3. The van der Waals surface area contributed by atoms with Crippen LogP contribution in [0.25, 0.3) is 0 Å². The molecule has 0 fully saturated rings. The molecule has 0 aromatic heterocycles. The Morgan fingerprint density at radius 1 is 0.857 bits per heavy atom. The van der Waals surface area contributed by atoms with E-state index in [4.69, 9.17) is 4.74 Å². The zero-order chi connectivity index (χ0) is 19.1. The molecule has 1 aliphatic heterocycles. The summed E-state index contributed by atoms with van der Waals surface area (Å²) in [6.07, 6.45) is 2.51. The minimum absolute atomic E-state index is 0.224. The summed E-state index contributed by atoms with van der Waals surface area (Å²) >= 11 is 0. The quantitative estimate of drug-likeness (QED) is 0.498. The van der Waals surface area contributed by atoms with Crippen LogP contribution in [0.15, 0.2) is 78.9 Å². The lowest BCUT2D eigenvalue weighted by atomic mass is 9.76. The summed E-state index contributed by atoms with van der Waals surface area (Å²) in [5, 5.41) is 0. The maximum Gasteiger partial charge on any atom is 0.123 e. The van der Waals surface area contributed by atoms with Gasteiger partial charge in [0.05, 0.1) is 0 Å². The van der Waals surface area contributed by atoms with Gasteiger partial charge in [-0.05, 0) is 47.4 Å². The Labute approximate surface area is 168 Å². The third-order valence-corrected chi connectivity index (χ3v) is 6.88. The highest BCUT2D eigenvalue weighted by molar-refractivity contribution is 5.45. The van der Waals surface area contributed by atoms with Crippen LogP contribution < -0.4 is 4.74 Å². The second kappa shape index (κ2) is 7.13. The molecule has 0 spiro atoms. The Morgan fingerprint density at radius 3 is 2.36 bits per heavy atom. The lowest BCUT2D eigenvalue weighted by Crippen LogP contribution is -2.30. The monoisotopic (exact) mass is 368 g/mol. The van der Waals surface area contributed by atoms with Crippen LogP contribution in [-0.4, -0.2) is 6.10 Å². The Balaban J connectivity index is 1.51. The molecule has 142 valence electrons. The molecule has 0 bridgehead atoms. The first kappa shape index (κ1) is 17.6. The highest BCUT2D eigenvalue weighted by Gasteiger charge is 2.45. The van der Waals surface area contributed by atoms with Crippen molar-refractivity contribution in [3.8, 4) is 5.75 Å². The fourth-order valence-corrected chi connectivity index (χ4v) is 5.51. The van der Waals surface area contributed by atoms with Crippen LogP contribution in [-0.2, 0) is 6.42 Å². The van der Waals surface area contributed by atoms with Crippen molar-refractivity contribution in [3.05, 3.63) is 101 Å². The highest BCUT2D eigenvalue weighted by atomic mass is 16.5. The maximum atomic E-state index is 6.67. The van der Waals surface area contributed by atoms with Crippen molar-refractivity contribution < 1.29 is 4.74 Å². The van der Waals surface area contributed by atoms with Gasteiger partial charge in [0.15, 0.2) is 0 Å². The number of ether oxygens (including phenoxy) is 1. The fraction of sp³-hybridized carbons (Fsp3) is 0.333. The van der Waals surface area contributed by atoms with Gasteiger partial charge in [-0.2, -0.15) is 0 Å². The summed E-state index contributed by atoms with van der Waals surface area (Å²) in [6.45, 7) is 4.76. The topological polar surface area (TPSA) is 9.23 Å². The smallest absolute Gasteiger partial charge is 0.123 e. The van der Waals surface area contributed by atoms with Crippen LogP contribution >= 0.6 is 0 Å². The summed E-state index contributed by atoms with van der Waals surface area (Å²) in [5.41, 5.74) is 5.83. The molecule has 3 aromatic rings. The summed E-state index contributed by atoms with van der Waals surface area (Å²) in [5.74, 6) is 3.12. The van der Waals surface area contributed by atoms with Gasteiger partial charge in [0.25, 0.3) is 0 Å². The molecule has 5 atom stereocenters. The van der Waals surface area contributed by atoms with E-state index < -0.39 is 0 Å². The molecule has 1 heteroatoms. The Kier molecular flexibility index (Phi) is 4.47. The van der Waals surface area contributed by atoms with E-state index in [1.807, 2.05) is 0 Å². The third kappa shape index (κ3) is 2.94. The van der Waals surface area contributed by atoms with Crippen LogP contribution in [0.3, 0.4) is 0 Å². The molecule has 28 heavy (non-hydrogen) atoms. The Bertz CT molecular complexity index is 961. The van der Waals surface area contributed by atoms with Gasteiger partial charge in [0.1, 0.15) is 11.9 Å². The van der Waals surface area contributed by atoms with Crippen molar-refractivity contribution in [3.63, 3.8) is 0 Å². The fourth-order valence-electron chi connectivity index (χ4n) is 5.51. The van der Waals surface area contributed by atoms with E-state index in [-0.39, 0.29) is 6.10 Å². The van der Waals surface area contributed by atoms with Crippen LogP contribution in [0.4, 0.5) is 0 Å². The van der Waals surface area contributed by atoms with E-state index in [0.717, 1.165) is 18.6 Å². The van der Waals surface area contributed by atoms with Crippen LogP contribution in [0, 0.1) is 5.92 Å². The molecule has 0 radical (unpaired) electrons. The van der Waals surface area contributed by atoms with Crippen LogP contribution in [0.5, 0.6) is 5.75 Å². The number of hydrogen-bond acceptors (Lipinski definition) is 1. The average Bonchev–Trinajstić information content (AvgIpc) is 3.25. The molecule has 1 aliphatic carbocycles. The van der Waals surface area contributed by atoms with Crippen molar-refractivity contribution in [1.82, 2.24) is 0 Å². The van der Waals surface area contributed by atoms with Crippen LogP contribution in [0.1, 0.15) is 60.3 Å². The van der Waals surface area contributed by atoms with Crippen molar-refractivity contribution >= 4 is 0 Å². The minimum atomic E-state index is 0.224. The molecule has 2 aliphatic rings. The van der Waals surface area contributed by atoms with E-state index in [1.54, 1.807) is 0 Å². The Hall–Kier alpha value is -2.54. The van der Waals surface area contributed by atoms with Crippen molar-refractivity contribution in [2.75, 3.05) is 0 Å². The van der Waals surface area contributed by atoms with E-state index in [9.17, 15) is 0 Å². The molecule has 3 aromatic carbocycles. The van der Waals surface area contributed by atoms with E-state index in [1.165, 1.54) is 22.3 Å². The summed E-state index contributed by atoms with van der Waals surface area (Å²) in [7, 11) is 0. The van der Waals surface area contributed by atoms with Gasteiger partial charge in [0.2, 0.25) is 0 Å². The summed E-state index contributed by atoms with van der Waals surface area (Å²) in [6, 6.07) is 28.6. The molecule has 1 heterocycles. The molecule has 5 rings (SSSR count). The van der Waals surface area contributed by atoms with Crippen molar-refractivity contribution in [1.29, 1.82) is 0 Å². The van der Waals surface area contributed by atoms with Gasteiger partial charge in [-0.3, -0.25) is 0 Å². The molecular formula is C27H28O. The lowest BCUT2D eigenvalue weighted by molar-refractivity contribution is 0.145. The third-order valence-electron chi connectivity index (χ3n) is 6.88. The molecule has 0 saturated carbocycles. The summed E-state index contributed by atoms with van der Waals surface area (Å²) in [4.78, 5) is 0.